The third-order valence-corrected chi connectivity index (χ3v) is 2.45. The standard InChI is InChI=1S/C10H11N7O/c11-15-8-6-17-3-2-12-10(17)9(14-8)13-5-7-1-4-18-16-7/h1-4,6,15H,5,11H2,(H,13,14). The van der Waals surface area contributed by atoms with Crippen LogP contribution < -0.4 is 16.6 Å². The average Bonchev–Trinajstić information content (AvgIpc) is 3.06. The molecule has 92 valence electrons. The largest absolute Gasteiger partial charge is 0.364 e. The van der Waals surface area contributed by atoms with Crippen LogP contribution in [0.2, 0.25) is 0 Å². The third kappa shape index (κ3) is 1.84. The summed E-state index contributed by atoms with van der Waals surface area (Å²) in [6.07, 6.45) is 6.79. The van der Waals surface area contributed by atoms with Gasteiger partial charge in [-0.3, -0.25) is 0 Å². The van der Waals surface area contributed by atoms with Crippen LogP contribution >= 0.6 is 0 Å². The lowest BCUT2D eigenvalue weighted by Crippen LogP contribution is -2.12. The SMILES string of the molecule is NNc1cn2ccnc2c(NCc2ccon2)n1. The molecule has 8 heteroatoms. The summed E-state index contributed by atoms with van der Waals surface area (Å²) < 4.78 is 6.58. The molecule has 0 amide bonds. The Kier molecular flexibility index (Phi) is 2.54. The Bertz CT molecular complexity index is 645. The van der Waals surface area contributed by atoms with Crippen molar-refractivity contribution in [3.63, 3.8) is 0 Å². The molecule has 0 aliphatic carbocycles. The molecule has 0 fully saturated rings. The molecule has 0 saturated carbocycles. The number of nitrogens with two attached hydrogens (primary N) is 1. The molecular formula is C10H11N7O. The number of hydrogen-bond donors (Lipinski definition) is 3. The van der Waals surface area contributed by atoms with E-state index in [1.807, 2.05) is 10.6 Å². The Balaban J connectivity index is 1.92. The molecule has 18 heavy (non-hydrogen) atoms. The van der Waals surface area contributed by atoms with Gasteiger partial charge < -0.3 is 19.7 Å². The van der Waals surface area contributed by atoms with Crippen LogP contribution in [0.4, 0.5) is 11.6 Å². The molecule has 3 heterocycles. The van der Waals surface area contributed by atoms with Crippen LogP contribution in [-0.2, 0) is 6.54 Å². The van der Waals surface area contributed by atoms with Crippen molar-refractivity contribution in [1.29, 1.82) is 0 Å². The maximum Gasteiger partial charge on any atom is 0.180 e. The van der Waals surface area contributed by atoms with Crippen LogP contribution in [0.5, 0.6) is 0 Å². The Labute approximate surface area is 102 Å². The minimum absolute atomic E-state index is 0.500. The fourth-order valence-corrected chi connectivity index (χ4v) is 1.62. The Morgan fingerprint density at radius 2 is 2.39 bits per heavy atom. The van der Waals surface area contributed by atoms with Crippen LogP contribution in [0.15, 0.2) is 35.4 Å². The van der Waals surface area contributed by atoms with E-state index in [9.17, 15) is 0 Å². The van der Waals surface area contributed by atoms with E-state index in [2.05, 4.69) is 25.9 Å². The minimum Gasteiger partial charge on any atom is -0.364 e. The van der Waals surface area contributed by atoms with Crippen LogP contribution in [0.25, 0.3) is 5.65 Å². The van der Waals surface area contributed by atoms with Crippen molar-refractivity contribution in [3.8, 4) is 0 Å². The van der Waals surface area contributed by atoms with E-state index in [0.29, 0.717) is 18.2 Å². The molecule has 8 nitrogen and oxygen atoms in total. The molecule has 0 spiro atoms. The van der Waals surface area contributed by atoms with Crippen molar-refractivity contribution in [3.05, 3.63) is 36.6 Å². The van der Waals surface area contributed by atoms with Gasteiger partial charge in [0.15, 0.2) is 17.3 Å². The summed E-state index contributed by atoms with van der Waals surface area (Å²) in [5.41, 5.74) is 4.01. The van der Waals surface area contributed by atoms with Crippen molar-refractivity contribution in [2.24, 2.45) is 5.84 Å². The van der Waals surface area contributed by atoms with Crippen molar-refractivity contribution in [2.45, 2.75) is 6.54 Å². The predicted octanol–water partition coefficient (Wildman–Crippen LogP) is 0.615. The van der Waals surface area contributed by atoms with Gasteiger partial charge in [-0.15, -0.1) is 0 Å². The number of aromatic nitrogens is 4. The van der Waals surface area contributed by atoms with Gasteiger partial charge in [0.25, 0.3) is 0 Å². The van der Waals surface area contributed by atoms with Crippen molar-refractivity contribution in [2.75, 3.05) is 10.7 Å². The van der Waals surface area contributed by atoms with Gasteiger partial charge in [0.2, 0.25) is 0 Å². The first-order chi connectivity index (χ1) is 8.86. The topological polar surface area (TPSA) is 106 Å². The number of rotatable bonds is 4. The highest BCUT2D eigenvalue weighted by Crippen LogP contribution is 2.16. The van der Waals surface area contributed by atoms with E-state index in [0.717, 1.165) is 11.3 Å². The molecule has 0 aliphatic rings. The number of imidazole rings is 1. The summed E-state index contributed by atoms with van der Waals surface area (Å²) in [5, 5.41) is 6.95. The maximum absolute atomic E-state index is 5.37. The number of anilines is 2. The first-order valence-corrected chi connectivity index (χ1v) is 5.30. The van der Waals surface area contributed by atoms with Crippen LogP contribution in [-0.4, -0.2) is 19.5 Å². The van der Waals surface area contributed by atoms with Crippen molar-refractivity contribution >= 4 is 17.3 Å². The monoisotopic (exact) mass is 245 g/mol. The third-order valence-electron chi connectivity index (χ3n) is 2.45. The normalized spacial score (nSPS) is 10.7. The summed E-state index contributed by atoms with van der Waals surface area (Å²) in [4.78, 5) is 8.52. The van der Waals surface area contributed by atoms with Crippen molar-refractivity contribution < 1.29 is 4.52 Å². The van der Waals surface area contributed by atoms with Gasteiger partial charge in [0, 0.05) is 18.5 Å². The van der Waals surface area contributed by atoms with E-state index >= 15 is 0 Å². The number of hydrogen-bond acceptors (Lipinski definition) is 7. The lowest BCUT2D eigenvalue weighted by molar-refractivity contribution is 0.412. The van der Waals surface area contributed by atoms with E-state index in [1.165, 1.54) is 6.26 Å². The van der Waals surface area contributed by atoms with Crippen LogP contribution in [0.1, 0.15) is 5.69 Å². The van der Waals surface area contributed by atoms with Crippen molar-refractivity contribution in [1.82, 2.24) is 19.5 Å². The second-order valence-electron chi connectivity index (χ2n) is 3.62. The molecule has 0 unspecified atom stereocenters. The zero-order valence-electron chi connectivity index (χ0n) is 9.37. The Hall–Kier alpha value is -2.61. The minimum atomic E-state index is 0.500. The number of fused-ring (bicyclic) bond motifs is 1. The van der Waals surface area contributed by atoms with Gasteiger partial charge in [-0.05, 0) is 0 Å². The Morgan fingerprint density at radius 3 is 3.17 bits per heavy atom. The smallest absolute Gasteiger partial charge is 0.180 e. The molecule has 0 atom stereocenters. The molecule has 0 aliphatic heterocycles. The Morgan fingerprint density at radius 1 is 1.44 bits per heavy atom. The first-order valence-electron chi connectivity index (χ1n) is 5.30. The summed E-state index contributed by atoms with van der Waals surface area (Å²) in [6, 6.07) is 1.78. The molecule has 3 aromatic heterocycles. The zero-order chi connectivity index (χ0) is 12.4. The van der Waals surface area contributed by atoms with E-state index in [4.69, 9.17) is 10.4 Å². The molecular weight excluding hydrogens is 234 g/mol. The fraction of sp³-hybridized carbons (Fsp3) is 0.100. The van der Waals surface area contributed by atoms with Gasteiger partial charge in [0.1, 0.15) is 12.0 Å². The zero-order valence-corrected chi connectivity index (χ0v) is 9.37. The molecule has 0 aromatic carbocycles. The molecule has 0 saturated heterocycles. The lowest BCUT2D eigenvalue weighted by Gasteiger charge is -2.07. The number of nitrogen functional groups attached to an aromatic ring is 1. The van der Waals surface area contributed by atoms with Gasteiger partial charge in [-0.1, -0.05) is 5.16 Å². The molecule has 0 radical (unpaired) electrons. The fourth-order valence-electron chi connectivity index (χ4n) is 1.62. The average molecular weight is 245 g/mol. The molecule has 4 N–H and O–H groups in total. The number of nitrogens with zero attached hydrogens (tertiary/aromatic N) is 4. The first kappa shape index (κ1) is 10.5. The van der Waals surface area contributed by atoms with Gasteiger partial charge in [-0.2, -0.15) is 0 Å². The molecule has 3 rings (SSSR count). The number of nitrogens with one attached hydrogen (secondary N) is 2. The second kappa shape index (κ2) is 4.34. The maximum atomic E-state index is 5.37. The van der Waals surface area contributed by atoms with Gasteiger partial charge in [0.05, 0.1) is 12.7 Å². The van der Waals surface area contributed by atoms with Gasteiger partial charge in [-0.25, -0.2) is 15.8 Å². The summed E-state index contributed by atoms with van der Waals surface area (Å²) >= 11 is 0. The quantitative estimate of drug-likeness (QED) is 0.456. The van der Waals surface area contributed by atoms with E-state index in [-0.39, 0.29) is 0 Å². The van der Waals surface area contributed by atoms with E-state index in [1.54, 1.807) is 18.5 Å². The highest BCUT2D eigenvalue weighted by atomic mass is 16.5. The lowest BCUT2D eigenvalue weighted by atomic mass is 10.4. The second-order valence-corrected chi connectivity index (χ2v) is 3.62. The van der Waals surface area contributed by atoms with E-state index < -0.39 is 0 Å². The highest BCUT2D eigenvalue weighted by molar-refractivity contribution is 5.65. The summed E-state index contributed by atoms with van der Waals surface area (Å²) in [7, 11) is 0. The van der Waals surface area contributed by atoms with Crippen LogP contribution in [0.3, 0.4) is 0 Å². The van der Waals surface area contributed by atoms with Crippen LogP contribution in [0, 0.1) is 0 Å². The highest BCUT2D eigenvalue weighted by Gasteiger charge is 2.07. The summed E-state index contributed by atoms with van der Waals surface area (Å²) in [5.74, 6) is 6.54. The molecule has 3 aromatic rings. The number of hydrazine groups is 1. The van der Waals surface area contributed by atoms with Gasteiger partial charge >= 0.3 is 0 Å². The predicted molar refractivity (Wildman–Crippen MR) is 64.6 cm³/mol. The molecule has 0 bridgehead atoms. The summed E-state index contributed by atoms with van der Waals surface area (Å²) in [6.45, 7) is 0.500.